The van der Waals surface area contributed by atoms with Gasteiger partial charge < -0.3 is 20.1 Å². The number of hydrogen-bond donors (Lipinski definition) is 2. The van der Waals surface area contributed by atoms with Crippen molar-refractivity contribution in [2.45, 2.75) is 31.4 Å². The number of sulfonamides is 1. The van der Waals surface area contributed by atoms with E-state index in [4.69, 9.17) is 9.47 Å². The van der Waals surface area contributed by atoms with Crippen molar-refractivity contribution >= 4 is 21.8 Å². The number of likely N-dealkylation sites (N-methyl/N-ethyl adjacent to an activating group) is 1. The van der Waals surface area contributed by atoms with E-state index in [0.717, 1.165) is 0 Å². The molecule has 0 radical (unpaired) electrons. The van der Waals surface area contributed by atoms with Gasteiger partial charge in [-0.1, -0.05) is 0 Å². The summed E-state index contributed by atoms with van der Waals surface area (Å²) in [6, 6.07) is 4.60. The third-order valence-corrected chi connectivity index (χ3v) is 5.99. The topological polar surface area (TPSA) is 114 Å². The lowest BCUT2D eigenvalue weighted by atomic mass is 10.2. The Kier molecular flexibility index (Phi) is 7.17. The van der Waals surface area contributed by atoms with Crippen molar-refractivity contribution in [2.75, 3.05) is 33.4 Å². The van der Waals surface area contributed by atoms with Gasteiger partial charge in [0, 0.05) is 13.1 Å². The lowest BCUT2D eigenvalue weighted by Gasteiger charge is -2.34. The molecule has 0 bridgehead atoms. The zero-order valence-electron chi connectivity index (χ0n) is 15.6. The predicted molar refractivity (Wildman–Crippen MR) is 97.7 cm³/mol. The highest BCUT2D eigenvalue weighted by Gasteiger charge is 2.35. The van der Waals surface area contributed by atoms with Gasteiger partial charge in [-0.15, -0.1) is 0 Å². The number of hydrogen-bond acceptors (Lipinski definition) is 6. The summed E-state index contributed by atoms with van der Waals surface area (Å²) in [6.07, 6.45) is -0.348. The van der Waals surface area contributed by atoms with Gasteiger partial charge >= 0.3 is 11.8 Å². The molecule has 27 heavy (non-hydrogen) atoms. The van der Waals surface area contributed by atoms with Crippen molar-refractivity contribution in [1.82, 2.24) is 14.9 Å². The number of nitrogens with one attached hydrogen (secondary N) is 2. The fraction of sp³-hybridized carbons (Fsp3) is 0.529. The highest BCUT2D eigenvalue weighted by Crippen LogP contribution is 2.26. The van der Waals surface area contributed by atoms with E-state index in [9.17, 15) is 18.0 Å². The van der Waals surface area contributed by atoms with Crippen LogP contribution < -0.4 is 15.4 Å². The number of amides is 2. The van der Waals surface area contributed by atoms with Crippen LogP contribution in [0.3, 0.4) is 0 Å². The Morgan fingerprint density at radius 2 is 2.00 bits per heavy atom. The van der Waals surface area contributed by atoms with E-state index in [0.29, 0.717) is 30.9 Å². The Morgan fingerprint density at radius 3 is 2.63 bits per heavy atom. The van der Waals surface area contributed by atoms with Crippen LogP contribution in [0.2, 0.25) is 0 Å². The van der Waals surface area contributed by atoms with Gasteiger partial charge in [-0.2, -0.15) is 4.31 Å². The molecule has 150 valence electrons. The average molecular weight is 399 g/mol. The van der Waals surface area contributed by atoms with Crippen LogP contribution in [-0.4, -0.2) is 64.1 Å². The van der Waals surface area contributed by atoms with Gasteiger partial charge in [-0.05, 0) is 44.0 Å². The predicted octanol–water partition coefficient (Wildman–Crippen LogP) is -0.00698. The maximum absolute atomic E-state index is 13.0. The summed E-state index contributed by atoms with van der Waals surface area (Å²) in [5, 5.41) is 4.80. The summed E-state index contributed by atoms with van der Waals surface area (Å²) in [6.45, 7) is 4.29. The van der Waals surface area contributed by atoms with E-state index < -0.39 is 28.1 Å². The molecule has 1 fully saturated rings. The van der Waals surface area contributed by atoms with Gasteiger partial charge in [0.1, 0.15) is 12.0 Å². The van der Waals surface area contributed by atoms with Gasteiger partial charge in [-0.25, -0.2) is 8.42 Å². The SMILES string of the molecule is CCNC(=O)C(=O)NC[C@H]1OCCCN1S(=O)(=O)c1ccc(OC)c(C)c1. The molecule has 1 aliphatic rings. The summed E-state index contributed by atoms with van der Waals surface area (Å²) in [5.41, 5.74) is 0.692. The fourth-order valence-electron chi connectivity index (χ4n) is 2.75. The van der Waals surface area contributed by atoms with Gasteiger partial charge in [0.05, 0.1) is 25.2 Å². The van der Waals surface area contributed by atoms with Crippen LogP contribution in [0.15, 0.2) is 23.1 Å². The van der Waals surface area contributed by atoms with Gasteiger partial charge in [-0.3, -0.25) is 9.59 Å². The van der Waals surface area contributed by atoms with Crippen molar-refractivity contribution in [3.8, 4) is 5.75 Å². The zero-order chi connectivity index (χ0) is 20.0. The smallest absolute Gasteiger partial charge is 0.309 e. The number of methoxy groups -OCH3 is 1. The molecule has 2 rings (SSSR count). The van der Waals surface area contributed by atoms with E-state index in [1.807, 2.05) is 0 Å². The van der Waals surface area contributed by atoms with Gasteiger partial charge in [0.15, 0.2) is 0 Å². The number of benzene rings is 1. The van der Waals surface area contributed by atoms with E-state index in [1.165, 1.54) is 23.5 Å². The summed E-state index contributed by atoms with van der Waals surface area (Å²) in [4.78, 5) is 23.4. The summed E-state index contributed by atoms with van der Waals surface area (Å²) < 4.78 is 38.0. The molecule has 1 heterocycles. The quantitative estimate of drug-likeness (QED) is 0.651. The number of rotatable bonds is 6. The molecule has 0 unspecified atom stereocenters. The molecule has 2 N–H and O–H groups in total. The molecule has 0 spiro atoms. The number of aryl methyl sites for hydroxylation is 1. The molecule has 1 saturated heterocycles. The monoisotopic (exact) mass is 399 g/mol. The van der Waals surface area contributed by atoms with E-state index in [-0.39, 0.29) is 18.0 Å². The molecule has 9 nitrogen and oxygen atoms in total. The van der Waals surface area contributed by atoms with Crippen LogP contribution in [-0.2, 0) is 24.3 Å². The summed E-state index contributed by atoms with van der Waals surface area (Å²) >= 11 is 0. The van der Waals surface area contributed by atoms with Crippen molar-refractivity contribution in [3.63, 3.8) is 0 Å². The lowest BCUT2D eigenvalue weighted by molar-refractivity contribution is -0.140. The van der Waals surface area contributed by atoms with Gasteiger partial charge in [0.2, 0.25) is 10.0 Å². The van der Waals surface area contributed by atoms with Crippen molar-refractivity contribution < 1.29 is 27.5 Å². The zero-order valence-corrected chi connectivity index (χ0v) is 16.5. The molecule has 2 amide bonds. The highest BCUT2D eigenvalue weighted by molar-refractivity contribution is 7.89. The first-order chi connectivity index (χ1) is 12.8. The van der Waals surface area contributed by atoms with Crippen molar-refractivity contribution in [2.24, 2.45) is 0 Å². The lowest BCUT2D eigenvalue weighted by Crippen LogP contribution is -2.53. The first-order valence-electron chi connectivity index (χ1n) is 8.65. The molecule has 0 saturated carbocycles. The molecule has 0 aliphatic carbocycles. The molecule has 1 aromatic rings. The second-order valence-electron chi connectivity index (χ2n) is 6.00. The van der Waals surface area contributed by atoms with E-state index >= 15 is 0 Å². The van der Waals surface area contributed by atoms with Crippen molar-refractivity contribution in [1.29, 1.82) is 0 Å². The van der Waals surface area contributed by atoms with E-state index in [1.54, 1.807) is 19.9 Å². The Balaban J connectivity index is 2.16. The van der Waals surface area contributed by atoms with Crippen LogP contribution in [0.5, 0.6) is 5.75 Å². The van der Waals surface area contributed by atoms with Crippen LogP contribution in [0.25, 0.3) is 0 Å². The Hall–Kier alpha value is -2.17. The van der Waals surface area contributed by atoms with Crippen LogP contribution >= 0.6 is 0 Å². The van der Waals surface area contributed by atoms with E-state index in [2.05, 4.69) is 10.6 Å². The third kappa shape index (κ3) is 4.96. The number of carbonyl (C=O) groups excluding carboxylic acids is 2. The second-order valence-corrected chi connectivity index (χ2v) is 7.89. The van der Waals surface area contributed by atoms with Crippen LogP contribution in [0, 0.1) is 6.92 Å². The summed E-state index contributed by atoms with van der Waals surface area (Å²) in [5.74, 6) is -1.01. The maximum atomic E-state index is 13.0. The molecule has 0 aromatic heterocycles. The molecule has 1 atom stereocenters. The number of carbonyl (C=O) groups is 2. The van der Waals surface area contributed by atoms with Crippen LogP contribution in [0.4, 0.5) is 0 Å². The first kappa shape index (κ1) is 21.1. The third-order valence-electron chi connectivity index (χ3n) is 4.11. The van der Waals surface area contributed by atoms with Gasteiger partial charge in [0.25, 0.3) is 0 Å². The molecule has 1 aliphatic heterocycles. The minimum absolute atomic E-state index is 0.117. The maximum Gasteiger partial charge on any atom is 0.309 e. The highest BCUT2D eigenvalue weighted by atomic mass is 32.2. The second kappa shape index (κ2) is 9.16. The molecule has 1 aromatic carbocycles. The molecular formula is C17H25N3O6S. The normalized spacial score (nSPS) is 18.0. The number of ether oxygens (including phenoxy) is 2. The summed E-state index contributed by atoms with van der Waals surface area (Å²) in [7, 11) is -2.32. The Bertz CT molecular complexity index is 796. The Labute approximate surface area is 159 Å². The largest absolute Gasteiger partial charge is 0.496 e. The average Bonchev–Trinajstić information content (AvgIpc) is 2.66. The molecule has 10 heteroatoms. The standard InChI is InChI=1S/C17H25N3O6S/c1-4-18-16(21)17(22)19-11-15-20(8-5-9-26-15)27(23,24)13-6-7-14(25-3)12(2)10-13/h6-7,10,15H,4-5,8-9,11H2,1-3H3,(H,18,21)(H,19,22)/t15-/m1/s1. The van der Waals surface area contributed by atoms with Crippen LogP contribution in [0.1, 0.15) is 18.9 Å². The number of nitrogens with zero attached hydrogens (tertiary/aromatic N) is 1. The Morgan fingerprint density at radius 1 is 1.30 bits per heavy atom. The minimum Gasteiger partial charge on any atom is -0.496 e. The fourth-order valence-corrected chi connectivity index (χ4v) is 4.40. The molecular weight excluding hydrogens is 374 g/mol. The van der Waals surface area contributed by atoms with Crippen molar-refractivity contribution in [3.05, 3.63) is 23.8 Å². The first-order valence-corrected chi connectivity index (χ1v) is 10.1. The minimum atomic E-state index is -3.84.